The number of hydrogen-bond donors (Lipinski definition) is 0. The number of anilines is 1. The Morgan fingerprint density at radius 2 is 1.67 bits per heavy atom. The van der Waals surface area contributed by atoms with Crippen LogP contribution in [0.1, 0.15) is 41.4 Å². The van der Waals surface area contributed by atoms with Crippen molar-refractivity contribution in [3.63, 3.8) is 0 Å². The minimum absolute atomic E-state index is 0.0214. The van der Waals surface area contributed by atoms with Crippen molar-refractivity contribution in [1.82, 2.24) is 9.97 Å². The molecule has 1 aromatic heterocycles. The Hall–Kier alpha value is -1.18. The highest BCUT2D eigenvalue weighted by Gasteiger charge is 2.51. The van der Waals surface area contributed by atoms with Crippen molar-refractivity contribution >= 4 is 18.5 Å². The van der Waals surface area contributed by atoms with Crippen LogP contribution in [0.25, 0.3) is 0 Å². The smallest absolute Gasteiger partial charge is 0.399 e. The molecule has 1 aromatic rings. The summed E-state index contributed by atoms with van der Waals surface area (Å²) in [6.07, 6.45) is -1.26. The summed E-state index contributed by atoms with van der Waals surface area (Å²) < 4.78 is 95.7. The van der Waals surface area contributed by atoms with Crippen LogP contribution in [0, 0.1) is 0 Å². The molecule has 3 heterocycles. The number of ether oxygens (including phenoxy) is 1. The molecule has 0 aliphatic carbocycles. The third kappa shape index (κ3) is 2.77. The molecule has 2 saturated heterocycles. The van der Waals surface area contributed by atoms with Crippen LogP contribution in [0.2, 0.25) is 0 Å². The molecule has 2 fully saturated rings. The molecule has 0 aromatic carbocycles. The monoisotopic (exact) mass is 301 g/mol. The lowest BCUT2D eigenvalue weighted by Gasteiger charge is -2.32. The molecule has 2 aliphatic rings. The summed E-state index contributed by atoms with van der Waals surface area (Å²) in [6, 6.07) is 0. The molecule has 0 unspecified atom stereocenters. The van der Waals surface area contributed by atoms with E-state index >= 15 is 0 Å². The number of morpholine rings is 1. The summed E-state index contributed by atoms with van der Waals surface area (Å²) in [7, 11) is -1.19. The Morgan fingerprint density at radius 3 is 2.19 bits per heavy atom. The second-order valence-electron chi connectivity index (χ2n) is 5.61. The van der Waals surface area contributed by atoms with Crippen LogP contribution in [0.5, 0.6) is 0 Å². The predicted molar refractivity (Wildman–Crippen MR) is 80.8 cm³/mol. The molecule has 0 radical (unpaired) electrons. The van der Waals surface area contributed by atoms with Crippen molar-refractivity contribution in [2.45, 2.75) is 38.9 Å². The molecule has 114 valence electrons. The van der Waals surface area contributed by atoms with Gasteiger partial charge in [-0.25, -0.2) is 9.97 Å². The molecular formula is C14H22BN3O3. The highest BCUT2D eigenvalue weighted by Crippen LogP contribution is 2.36. The van der Waals surface area contributed by atoms with Crippen LogP contribution < -0.4 is 10.4 Å². The first-order chi connectivity index (χ1) is 13.7. The third-order valence-corrected chi connectivity index (χ3v) is 3.66. The zero-order valence-electron chi connectivity index (χ0n) is 22.1. The molecule has 6 nitrogen and oxygen atoms in total. The van der Waals surface area contributed by atoms with E-state index < -0.39 is 62.7 Å². The number of nitrogens with zero attached hydrogens (tertiary/aromatic N) is 3. The van der Waals surface area contributed by atoms with Gasteiger partial charge in [0, 0.05) is 30.8 Å². The van der Waals surface area contributed by atoms with Gasteiger partial charge in [-0.1, -0.05) is 0 Å². The molecule has 0 spiro atoms. The number of rotatable bonds is 2. The summed E-state index contributed by atoms with van der Waals surface area (Å²) in [5.74, 6) is -0.888. The first-order valence-corrected chi connectivity index (χ1v) is 6.39. The van der Waals surface area contributed by atoms with Crippen molar-refractivity contribution in [3.8, 4) is 0 Å². The lowest BCUT2D eigenvalue weighted by molar-refractivity contribution is 0.00578. The highest BCUT2D eigenvalue weighted by molar-refractivity contribution is 6.61. The lowest BCUT2D eigenvalue weighted by Crippen LogP contribution is -2.41. The Kier molecular flexibility index (Phi) is 1.73. The highest BCUT2D eigenvalue weighted by atomic mass is 16.7. The van der Waals surface area contributed by atoms with Crippen molar-refractivity contribution in [2.24, 2.45) is 0 Å². The van der Waals surface area contributed by atoms with Gasteiger partial charge in [-0.3, -0.25) is 0 Å². The van der Waals surface area contributed by atoms with E-state index in [0.717, 1.165) is 0 Å². The van der Waals surface area contributed by atoms with Crippen LogP contribution in [0.3, 0.4) is 0 Å². The van der Waals surface area contributed by atoms with E-state index in [1.807, 2.05) is 0 Å². The van der Waals surface area contributed by atoms with Gasteiger partial charge in [-0.2, -0.15) is 0 Å². The number of aromatic nitrogens is 2. The van der Waals surface area contributed by atoms with Crippen LogP contribution in [-0.4, -0.2) is 54.4 Å². The fraction of sp³-hybridized carbons (Fsp3) is 0.714. The molecular weight excluding hydrogens is 269 g/mol. The maximum Gasteiger partial charge on any atom is 0.498 e. The maximum absolute atomic E-state index is 8.23. The van der Waals surface area contributed by atoms with Gasteiger partial charge < -0.3 is 18.9 Å². The van der Waals surface area contributed by atoms with Crippen molar-refractivity contribution in [2.75, 3.05) is 31.0 Å². The summed E-state index contributed by atoms with van der Waals surface area (Å²) in [5, 5.41) is 0. The Balaban J connectivity index is 2.12. The topological polar surface area (TPSA) is 56.7 Å². The molecule has 0 saturated carbocycles. The molecule has 7 heteroatoms. The average Bonchev–Trinajstić information content (AvgIpc) is 2.71. The van der Waals surface area contributed by atoms with Gasteiger partial charge in [0.2, 0.25) is 5.95 Å². The minimum atomic E-state index is -3.31. The quantitative estimate of drug-likeness (QED) is 0.746. The lowest BCUT2D eigenvalue weighted by atomic mass is 9.81. The van der Waals surface area contributed by atoms with Gasteiger partial charge >= 0.3 is 7.12 Å². The second-order valence-corrected chi connectivity index (χ2v) is 5.61. The van der Waals surface area contributed by atoms with Crippen LogP contribution in [-0.2, 0) is 14.0 Å². The molecule has 2 aliphatic heterocycles. The minimum Gasteiger partial charge on any atom is -0.399 e. The van der Waals surface area contributed by atoms with E-state index in [2.05, 4.69) is 14.7 Å². The van der Waals surface area contributed by atoms with Gasteiger partial charge in [-0.05, 0) is 27.7 Å². The maximum atomic E-state index is 8.23. The third-order valence-electron chi connectivity index (χ3n) is 3.66. The first kappa shape index (κ1) is 6.94. The summed E-state index contributed by atoms with van der Waals surface area (Å²) in [6.45, 7) is -6.14. The van der Waals surface area contributed by atoms with E-state index in [0.29, 0.717) is 0 Å². The molecule has 0 N–H and O–H groups in total. The fourth-order valence-corrected chi connectivity index (χ4v) is 1.73. The fourth-order valence-electron chi connectivity index (χ4n) is 1.73. The van der Waals surface area contributed by atoms with Gasteiger partial charge in [0.05, 0.1) is 38.0 Å². The summed E-state index contributed by atoms with van der Waals surface area (Å²) >= 11 is 0. The van der Waals surface area contributed by atoms with E-state index in [-0.39, 0.29) is 10.4 Å². The molecule has 0 amide bonds. The SMILES string of the molecule is [2H]c1nc(N2C([2H])([2H])C([2H])([2H])OC([2H])([2H])C2([2H])[2H])nc([2H])c1B1OC(C)(C)C(C)(C)O1. The first-order valence-electron chi connectivity index (χ1n) is 11.4. The molecule has 0 bridgehead atoms. The average molecular weight is 301 g/mol. The van der Waals surface area contributed by atoms with E-state index in [1.54, 1.807) is 27.7 Å². The van der Waals surface area contributed by atoms with E-state index in [1.165, 1.54) is 0 Å². The summed E-state index contributed by atoms with van der Waals surface area (Å²) in [5.41, 5.74) is -1.76. The van der Waals surface area contributed by atoms with Gasteiger partial charge in [0.15, 0.2) is 0 Å². The van der Waals surface area contributed by atoms with Gasteiger partial charge in [-0.15, -0.1) is 0 Å². The molecule has 0 atom stereocenters. The van der Waals surface area contributed by atoms with Crippen molar-refractivity contribution < 1.29 is 27.8 Å². The predicted octanol–water partition coefficient (Wildman–Crippen LogP) is 0.612. The zero-order chi connectivity index (χ0) is 24.0. The van der Waals surface area contributed by atoms with Gasteiger partial charge in [0.1, 0.15) is 0 Å². The zero-order valence-corrected chi connectivity index (χ0v) is 12.1. The number of hydrogen-bond acceptors (Lipinski definition) is 6. The largest absolute Gasteiger partial charge is 0.498 e. The Bertz CT molecular complexity index is 849. The van der Waals surface area contributed by atoms with Crippen molar-refractivity contribution in [3.05, 3.63) is 12.3 Å². The second kappa shape index (κ2) is 5.23. The normalized spacial score (nSPS) is 41.0. The van der Waals surface area contributed by atoms with Crippen LogP contribution in [0.4, 0.5) is 5.95 Å². The van der Waals surface area contributed by atoms with E-state index in [9.17, 15) is 0 Å². The van der Waals surface area contributed by atoms with Crippen molar-refractivity contribution in [1.29, 1.82) is 0 Å². The Morgan fingerprint density at radius 1 is 1.14 bits per heavy atom. The van der Waals surface area contributed by atoms with E-state index in [4.69, 9.17) is 23.0 Å². The summed E-state index contributed by atoms with van der Waals surface area (Å²) in [4.78, 5) is 7.53. The molecule has 21 heavy (non-hydrogen) atoms. The van der Waals surface area contributed by atoms with Gasteiger partial charge in [0.25, 0.3) is 0 Å². The molecule has 3 rings (SSSR count). The van der Waals surface area contributed by atoms with Crippen LogP contribution >= 0.6 is 0 Å². The Labute approximate surface area is 140 Å². The van der Waals surface area contributed by atoms with Crippen LogP contribution in [0.15, 0.2) is 12.3 Å². The standard InChI is InChI=1S/C14H22BN3O3/c1-13(2)14(3,4)21-15(20-13)11-9-16-12(17-10-11)18-5-7-19-8-6-18/h9-10H,5-8H2,1-4H3/i5D2,6D2,7D2,8D2,9D,10D.